The zero-order valence-electron chi connectivity index (χ0n) is 15.5. The van der Waals surface area contributed by atoms with E-state index in [4.69, 9.17) is 0 Å². The predicted octanol–water partition coefficient (Wildman–Crippen LogP) is 4.72. The van der Waals surface area contributed by atoms with Crippen molar-refractivity contribution in [3.63, 3.8) is 0 Å². The summed E-state index contributed by atoms with van der Waals surface area (Å²) in [4.78, 5) is 35.2. The number of hydrogen-bond donors (Lipinski definition) is 2. The van der Waals surface area contributed by atoms with Gasteiger partial charge in [-0.2, -0.15) is 0 Å². The maximum atomic E-state index is 12.9. The summed E-state index contributed by atoms with van der Waals surface area (Å²) in [5.41, 5.74) is 1.29. The largest absolute Gasteiger partial charge is 0.325 e. The number of non-ortho nitro benzene ring substituents is 1. The first kappa shape index (κ1) is 21.0. The molecular formula is C21H16FN3O4S. The van der Waals surface area contributed by atoms with Crippen LogP contribution in [-0.2, 0) is 4.79 Å². The highest BCUT2D eigenvalue weighted by atomic mass is 32.2. The summed E-state index contributed by atoms with van der Waals surface area (Å²) in [6, 6.07) is 17.8. The lowest BCUT2D eigenvalue weighted by Gasteiger charge is -2.07. The Morgan fingerprint density at radius 1 is 0.867 bits per heavy atom. The molecule has 2 amide bonds. The quantitative estimate of drug-likeness (QED) is 0.324. The van der Waals surface area contributed by atoms with Crippen molar-refractivity contribution < 1.29 is 18.9 Å². The van der Waals surface area contributed by atoms with E-state index in [2.05, 4.69) is 10.6 Å². The van der Waals surface area contributed by atoms with E-state index in [1.165, 1.54) is 60.3 Å². The van der Waals surface area contributed by atoms with Crippen LogP contribution in [0.4, 0.5) is 21.5 Å². The Morgan fingerprint density at radius 3 is 2.03 bits per heavy atom. The molecule has 152 valence electrons. The van der Waals surface area contributed by atoms with Gasteiger partial charge in [-0.25, -0.2) is 4.39 Å². The first-order valence-electron chi connectivity index (χ1n) is 8.75. The number of amides is 2. The van der Waals surface area contributed by atoms with Crippen LogP contribution in [-0.4, -0.2) is 22.5 Å². The van der Waals surface area contributed by atoms with E-state index in [9.17, 15) is 24.1 Å². The van der Waals surface area contributed by atoms with Crippen LogP contribution < -0.4 is 10.6 Å². The van der Waals surface area contributed by atoms with E-state index in [1.807, 2.05) is 0 Å². The Morgan fingerprint density at radius 2 is 1.43 bits per heavy atom. The maximum absolute atomic E-state index is 12.9. The number of carbonyl (C=O) groups excluding carboxylic acids is 2. The number of benzene rings is 3. The van der Waals surface area contributed by atoms with Gasteiger partial charge in [0, 0.05) is 34.0 Å². The zero-order chi connectivity index (χ0) is 21.5. The van der Waals surface area contributed by atoms with Crippen molar-refractivity contribution >= 4 is 40.6 Å². The lowest BCUT2D eigenvalue weighted by molar-refractivity contribution is -0.384. The Balaban J connectivity index is 1.50. The van der Waals surface area contributed by atoms with Gasteiger partial charge in [0.1, 0.15) is 5.82 Å². The molecule has 30 heavy (non-hydrogen) atoms. The van der Waals surface area contributed by atoms with Gasteiger partial charge in [0.15, 0.2) is 0 Å². The SMILES string of the molecule is O=C(CSc1ccc(NC(=O)c2ccc([N+](=O)[O-])cc2)cc1)Nc1ccc(F)cc1. The third-order valence-corrected chi connectivity index (χ3v) is 4.96. The fourth-order valence-electron chi connectivity index (χ4n) is 2.45. The average molecular weight is 425 g/mol. The van der Waals surface area contributed by atoms with Crippen molar-refractivity contribution in [2.24, 2.45) is 0 Å². The van der Waals surface area contributed by atoms with E-state index >= 15 is 0 Å². The number of nitro benzene ring substituents is 1. The number of anilines is 2. The van der Waals surface area contributed by atoms with Gasteiger partial charge in [0.05, 0.1) is 10.7 Å². The highest BCUT2D eigenvalue weighted by Gasteiger charge is 2.10. The normalized spacial score (nSPS) is 10.3. The Bertz CT molecular complexity index is 1060. The number of nitrogens with zero attached hydrogens (tertiary/aromatic N) is 1. The van der Waals surface area contributed by atoms with Gasteiger partial charge in [-0.15, -0.1) is 11.8 Å². The minimum Gasteiger partial charge on any atom is -0.325 e. The molecule has 0 aliphatic rings. The minimum absolute atomic E-state index is 0.0867. The summed E-state index contributed by atoms with van der Waals surface area (Å²) >= 11 is 1.32. The van der Waals surface area contributed by atoms with E-state index in [1.54, 1.807) is 24.3 Å². The molecule has 3 aromatic carbocycles. The van der Waals surface area contributed by atoms with Crippen molar-refractivity contribution in [3.8, 4) is 0 Å². The summed E-state index contributed by atoms with van der Waals surface area (Å²) in [5.74, 6) is -0.805. The summed E-state index contributed by atoms with van der Waals surface area (Å²) in [5, 5.41) is 16.1. The molecular weight excluding hydrogens is 409 g/mol. The van der Waals surface area contributed by atoms with Crippen LogP contribution >= 0.6 is 11.8 Å². The van der Waals surface area contributed by atoms with Crippen LogP contribution in [0, 0.1) is 15.9 Å². The molecule has 3 aromatic rings. The molecule has 9 heteroatoms. The molecule has 0 unspecified atom stereocenters. The van der Waals surface area contributed by atoms with E-state index in [0.29, 0.717) is 16.9 Å². The zero-order valence-corrected chi connectivity index (χ0v) is 16.3. The molecule has 0 bridgehead atoms. The number of rotatable bonds is 7. The summed E-state index contributed by atoms with van der Waals surface area (Å²) in [7, 11) is 0. The average Bonchev–Trinajstić information content (AvgIpc) is 2.75. The fraction of sp³-hybridized carbons (Fsp3) is 0.0476. The second kappa shape index (κ2) is 9.66. The van der Waals surface area contributed by atoms with Crippen molar-refractivity contribution in [2.75, 3.05) is 16.4 Å². The third kappa shape index (κ3) is 5.89. The monoisotopic (exact) mass is 425 g/mol. The minimum atomic E-state index is -0.530. The van der Waals surface area contributed by atoms with Gasteiger partial charge in [-0.1, -0.05) is 0 Å². The molecule has 0 aromatic heterocycles. The van der Waals surface area contributed by atoms with Crippen LogP contribution in [0.1, 0.15) is 10.4 Å². The summed E-state index contributed by atoms with van der Waals surface area (Å²) < 4.78 is 12.9. The van der Waals surface area contributed by atoms with Crippen LogP contribution in [0.5, 0.6) is 0 Å². The lowest BCUT2D eigenvalue weighted by atomic mass is 10.2. The fourth-order valence-corrected chi connectivity index (χ4v) is 3.15. The second-order valence-corrected chi connectivity index (χ2v) is 7.17. The van der Waals surface area contributed by atoms with Gasteiger partial charge in [0.25, 0.3) is 11.6 Å². The van der Waals surface area contributed by atoms with Crippen LogP contribution in [0.25, 0.3) is 0 Å². The first-order chi connectivity index (χ1) is 14.4. The van der Waals surface area contributed by atoms with E-state index in [0.717, 1.165) is 4.90 Å². The summed E-state index contributed by atoms with van der Waals surface area (Å²) in [6.07, 6.45) is 0. The number of hydrogen-bond acceptors (Lipinski definition) is 5. The van der Waals surface area contributed by atoms with Crippen LogP contribution in [0.3, 0.4) is 0 Å². The van der Waals surface area contributed by atoms with Crippen molar-refractivity contribution in [2.45, 2.75) is 4.90 Å². The second-order valence-electron chi connectivity index (χ2n) is 6.13. The topological polar surface area (TPSA) is 101 Å². The smallest absolute Gasteiger partial charge is 0.269 e. The first-order valence-corrected chi connectivity index (χ1v) is 9.73. The Kier molecular flexibility index (Phi) is 6.76. The van der Waals surface area contributed by atoms with E-state index < -0.39 is 4.92 Å². The van der Waals surface area contributed by atoms with Gasteiger partial charge in [-0.05, 0) is 60.7 Å². The number of nitrogens with one attached hydrogen (secondary N) is 2. The highest BCUT2D eigenvalue weighted by molar-refractivity contribution is 8.00. The Labute approximate surface area is 175 Å². The van der Waals surface area contributed by atoms with Crippen molar-refractivity contribution in [3.05, 3.63) is 94.3 Å². The molecule has 0 aliphatic heterocycles. The molecule has 0 heterocycles. The molecule has 0 spiro atoms. The number of nitro groups is 1. The molecule has 7 nitrogen and oxygen atoms in total. The number of thioether (sulfide) groups is 1. The van der Waals surface area contributed by atoms with Crippen molar-refractivity contribution in [1.29, 1.82) is 0 Å². The molecule has 0 radical (unpaired) electrons. The summed E-state index contributed by atoms with van der Waals surface area (Å²) in [6.45, 7) is 0. The standard InChI is InChI=1S/C21H16FN3O4S/c22-15-3-5-16(6-4-15)23-20(26)13-30-19-11-7-17(8-12-19)24-21(27)14-1-9-18(10-2-14)25(28)29/h1-12H,13H2,(H,23,26)(H,24,27). The van der Waals surface area contributed by atoms with Gasteiger partial charge >= 0.3 is 0 Å². The predicted molar refractivity (Wildman–Crippen MR) is 113 cm³/mol. The molecule has 0 fully saturated rings. The lowest BCUT2D eigenvalue weighted by Crippen LogP contribution is -2.14. The highest BCUT2D eigenvalue weighted by Crippen LogP contribution is 2.21. The Hall–Kier alpha value is -3.72. The van der Waals surface area contributed by atoms with E-state index in [-0.39, 0.29) is 29.1 Å². The van der Waals surface area contributed by atoms with Gasteiger partial charge in [-0.3, -0.25) is 19.7 Å². The van der Waals surface area contributed by atoms with Crippen molar-refractivity contribution in [1.82, 2.24) is 0 Å². The van der Waals surface area contributed by atoms with Crippen LogP contribution in [0.15, 0.2) is 77.7 Å². The molecule has 0 aliphatic carbocycles. The molecule has 0 saturated heterocycles. The molecule has 3 rings (SSSR count). The number of halogens is 1. The van der Waals surface area contributed by atoms with Crippen LogP contribution in [0.2, 0.25) is 0 Å². The molecule has 0 saturated carbocycles. The number of carbonyl (C=O) groups is 2. The van der Waals surface area contributed by atoms with Gasteiger partial charge in [0.2, 0.25) is 5.91 Å². The third-order valence-electron chi connectivity index (χ3n) is 3.95. The molecule has 0 atom stereocenters. The maximum Gasteiger partial charge on any atom is 0.269 e. The van der Waals surface area contributed by atoms with Gasteiger partial charge < -0.3 is 10.6 Å². The molecule has 2 N–H and O–H groups in total.